The quantitative estimate of drug-likeness (QED) is 0.213. The van der Waals surface area contributed by atoms with Crippen molar-refractivity contribution in [2.45, 2.75) is 51.8 Å². The van der Waals surface area contributed by atoms with E-state index in [0.29, 0.717) is 47.8 Å². The van der Waals surface area contributed by atoms with Crippen molar-refractivity contribution in [3.8, 4) is 28.8 Å². The Hall–Kier alpha value is -4.82. The molecule has 4 aromatic rings. The lowest BCUT2D eigenvalue weighted by Gasteiger charge is -2.26. The van der Waals surface area contributed by atoms with E-state index in [4.69, 9.17) is 20.3 Å². The van der Waals surface area contributed by atoms with E-state index in [1.807, 2.05) is 45.0 Å². The number of carbonyl (C=O) groups is 1. The lowest BCUT2D eigenvalue weighted by molar-refractivity contribution is -0.127. The molecule has 1 fully saturated rings. The Balaban J connectivity index is 1.45. The van der Waals surface area contributed by atoms with Gasteiger partial charge in [-0.05, 0) is 64.0 Å². The van der Waals surface area contributed by atoms with Crippen LogP contribution in [0.25, 0.3) is 22.3 Å². The first-order chi connectivity index (χ1) is 20.2. The Morgan fingerprint density at radius 3 is 2.71 bits per heavy atom. The SMILES string of the molecule is CCOC(C)(C)/C=C(\C#N)C(=O)N1CCC[C@H]1Cn1nc(-c2ccc(Oc3ccccc3)cc2F)c2c(N)ncnc21. The van der Waals surface area contributed by atoms with Gasteiger partial charge in [0, 0.05) is 24.8 Å². The molecule has 0 unspecified atom stereocenters. The van der Waals surface area contributed by atoms with E-state index < -0.39 is 11.4 Å². The molecule has 0 radical (unpaired) electrons. The molecule has 5 rings (SSSR count). The van der Waals surface area contributed by atoms with E-state index in [1.54, 1.807) is 39.9 Å². The maximum Gasteiger partial charge on any atom is 0.264 e. The zero-order valence-corrected chi connectivity index (χ0v) is 23.7. The summed E-state index contributed by atoms with van der Waals surface area (Å²) in [5, 5.41) is 14.9. The second kappa shape index (κ2) is 12.0. The highest BCUT2D eigenvalue weighted by molar-refractivity contribution is 5.99. The van der Waals surface area contributed by atoms with Crippen molar-refractivity contribution in [3.05, 3.63) is 72.3 Å². The number of nitrogens with two attached hydrogens (primary N) is 1. The molecule has 2 aromatic heterocycles. The topological polar surface area (TPSA) is 132 Å². The van der Waals surface area contributed by atoms with Crippen molar-refractivity contribution in [3.63, 3.8) is 0 Å². The van der Waals surface area contributed by atoms with Gasteiger partial charge in [0.05, 0.1) is 23.6 Å². The first-order valence-corrected chi connectivity index (χ1v) is 13.8. The van der Waals surface area contributed by atoms with Crippen LogP contribution in [0.15, 0.2) is 66.5 Å². The number of amides is 1. The number of hydrogen-bond acceptors (Lipinski definition) is 8. The largest absolute Gasteiger partial charge is 0.457 e. The van der Waals surface area contributed by atoms with Crippen LogP contribution in [0.4, 0.5) is 10.2 Å². The third-order valence-electron chi connectivity index (χ3n) is 7.11. The van der Waals surface area contributed by atoms with Crippen molar-refractivity contribution in [2.75, 3.05) is 18.9 Å². The lowest BCUT2D eigenvalue weighted by atomic mass is 10.0. The molecule has 3 heterocycles. The molecule has 216 valence electrons. The van der Waals surface area contributed by atoms with Crippen LogP contribution < -0.4 is 10.5 Å². The fourth-order valence-electron chi connectivity index (χ4n) is 5.27. The lowest BCUT2D eigenvalue weighted by Crippen LogP contribution is -2.39. The minimum atomic E-state index is -0.766. The van der Waals surface area contributed by atoms with Gasteiger partial charge in [0.1, 0.15) is 46.8 Å². The number of benzene rings is 2. The van der Waals surface area contributed by atoms with Gasteiger partial charge in [0.15, 0.2) is 5.65 Å². The molecule has 11 heteroatoms. The number of fused-ring (bicyclic) bond motifs is 1. The number of ether oxygens (including phenoxy) is 2. The van der Waals surface area contributed by atoms with Gasteiger partial charge in [-0.1, -0.05) is 18.2 Å². The van der Waals surface area contributed by atoms with Gasteiger partial charge in [-0.15, -0.1) is 0 Å². The standard InChI is InChI=1S/C31H32FN7O3/c1-4-41-31(2,3)16-20(17-33)30(40)38-14-8-9-21(38)18-39-29-26(28(34)35-19-36-29)27(37-39)24-13-12-23(15-25(24)32)42-22-10-6-5-7-11-22/h5-7,10-13,15-16,19,21H,4,8-9,14,18H2,1-3H3,(H2,34,35,36)/b20-16+/t21-/m0/s1. The summed E-state index contributed by atoms with van der Waals surface area (Å²) < 4.78 is 28.6. The average Bonchev–Trinajstić information content (AvgIpc) is 3.58. The van der Waals surface area contributed by atoms with Crippen LogP contribution in [-0.4, -0.2) is 55.4 Å². The Kier molecular flexibility index (Phi) is 8.17. The van der Waals surface area contributed by atoms with Gasteiger partial charge < -0.3 is 20.1 Å². The van der Waals surface area contributed by atoms with Crippen molar-refractivity contribution < 1.29 is 18.7 Å². The maximum absolute atomic E-state index is 15.5. The van der Waals surface area contributed by atoms with E-state index in [-0.39, 0.29) is 35.4 Å². The second-order valence-electron chi connectivity index (χ2n) is 10.5. The highest BCUT2D eigenvalue weighted by Gasteiger charge is 2.33. The number of nitrogens with zero attached hydrogens (tertiary/aromatic N) is 6. The van der Waals surface area contributed by atoms with E-state index in [0.717, 1.165) is 6.42 Å². The van der Waals surface area contributed by atoms with Crippen LogP contribution in [0, 0.1) is 17.1 Å². The first kappa shape index (κ1) is 28.7. The molecular formula is C31H32FN7O3. The molecule has 0 saturated carbocycles. The fourth-order valence-corrected chi connectivity index (χ4v) is 5.27. The van der Waals surface area contributed by atoms with Gasteiger partial charge in [-0.3, -0.25) is 4.79 Å². The molecule has 1 amide bonds. The summed E-state index contributed by atoms with van der Waals surface area (Å²) in [6, 6.07) is 15.4. The zero-order chi connectivity index (χ0) is 29.9. The van der Waals surface area contributed by atoms with Crippen LogP contribution in [0.2, 0.25) is 0 Å². The molecule has 42 heavy (non-hydrogen) atoms. The monoisotopic (exact) mass is 569 g/mol. The number of halogens is 1. The van der Waals surface area contributed by atoms with Crippen LogP contribution in [0.5, 0.6) is 11.5 Å². The molecular weight excluding hydrogens is 537 g/mol. The molecule has 0 bridgehead atoms. The first-order valence-electron chi connectivity index (χ1n) is 13.8. The Morgan fingerprint density at radius 2 is 2.00 bits per heavy atom. The molecule has 2 aromatic carbocycles. The number of nitrogen functional groups attached to an aromatic ring is 1. The van der Waals surface area contributed by atoms with Crippen molar-refractivity contribution in [2.24, 2.45) is 0 Å². The van der Waals surface area contributed by atoms with E-state index in [9.17, 15) is 10.1 Å². The summed E-state index contributed by atoms with van der Waals surface area (Å²) in [5.74, 6) is 0.181. The third kappa shape index (κ3) is 5.94. The molecule has 1 atom stereocenters. The minimum Gasteiger partial charge on any atom is -0.457 e. The summed E-state index contributed by atoms with van der Waals surface area (Å²) in [7, 11) is 0. The van der Waals surface area contributed by atoms with Crippen molar-refractivity contribution in [1.29, 1.82) is 5.26 Å². The summed E-state index contributed by atoms with van der Waals surface area (Å²) in [5.41, 5.74) is 6.43. The molecule has 1 aliphatic heterocycles. The molecule has 0 spiro atoms. The molecule has 1 aliphatic rings. The summed E-state index contributed by atoms with van der Waals surface area (Å²) in [6.45, 7) is 6.71. The third-order valence-corrected chi connectivity index (χ3v) is 7.11. The number of rotatable bonds is 9. The number of hydrogen-bond donors (Lipinski definition) is 1. The van der Waals surface area contributed by atoms with Gasteiger partial charge in [-0.2, -0.15) is 10.4 Å². The number of aromatic nitrogens is 4. The van der Waals surface area contributed by atoms with Crippen molar-refractivity contribution >= 4 is 22.8 Å². The number of likely N-dealkylation sites (tertiary alicyclic amines) is 1. The van der Waals surface area contributed by atoms with Gasteiger partial charge >= 0.3 is 0 Å². The van der Waals surface area contributed by atoms with E-state index >= 15 is 4.39 Å². The summed E-state index contributed by atoms with van der Waals surface area (Å²) in [6.07, 6.45) is 4.37. The van der Waals surface area contributed by atoms with Crippen LogP contribution in [0.1, 0.15) is 33.6 Å². The zero-order valence-electron chi connectivity index (χ0n) is 23.7. The highest BCUT2D eigenvalue weighted by atomic mass is 19.1. The number of para-hydroxylation sites is 1. The van der Waals surface area contributed by atoms with Gasteiger partial charge in [0.2, 0.25) is 0 Å². The number of nitriles is 1. The van der Waals surface area contributed by atoms with Gasteiger partial charge in [-0.25, -0.2) is 19.0 Å². The van der Waals surface area contributed by atoms with E-state index in [2.05, 4.69) is 9.97 Å². The Morgan fingerprint density at radius 1 is 1.21 bits per heavy atom. The smallest absolute Gasteiger partial charge is 0.264 e. The maximum atomic E-state index is 15.5. The number of anilines is 1. The molecule has 2 N–H and O–H groups in total. The van der Waals surface area contributed by atoms with Crippen LogP contribution >= 0.6 is 0 Å². The van der Waals surface area contributed by atoms with Crippen LogP contribution in [0.3, 0.4) is 0 Å². The molecule has 1 saturated heterocycles. The summed E-state index contributed by atoms with van der Waals surface area (Å²) >= 11 is 0. The van der Waals surface area contributed by atoms with Crippen molar-refractivity contribution in [1.82, 2.24) is 24.6 Å². The Bertz CT molecular complexity index is 1680. The summed E-state index contributed by atoms with van der Waals surface area (Å²) in [4.78, 5) is 23.7. The highest BCUT2D eigenvalue weighted by Crippen LogP contribution is 2.35. The average molecular weight is 570 g/mol. The van der Waals surface area contributed by atoms with Crippen LogP contribution in [-0.2, 0) is 16.1 Å². The fraction of sp³-hybridized carbons (Fsp3) is 0.323. The predicted octanol–water partition coefficient (Wildman–Crippen LogP) is 5.26. The predicted molar refractivity (Wildman–Crippen MR) is 156 cm³/mol. The minimum absolute atomic E-state index is 0.0258. The second-order valence-corrected chi connectivity index (χ2v) is 10.5. The van der Waals surface area contributed by atoms with Gasteiger partial charge in [0.25, 0.3) is 5.91 Å². The normalized spacial score (nSPS) is 15.6. The van der Waals surface area contributed by atoms with E-state index in [1.165, 1.54) is 12.4 Å². The molecule has 10 nitrogen and oxygen atoms in total. The number of carbonyl (C=O) groups excluding carboxylic acids is 1. The molecule has 0 aliphatic carbocycles. The Labute approximate surface area is 243 Å².